The molecular weight excluding hydrogens is 617 g/mol. The van der Waals surface area contributed by atoms with Crippen molar-refractivity contribution >= 4 is 34.6 Å². The molecule has 13 heteroatoms. The van der Waals surface area contributed by atoms with Crippen molar-refractivity contribution in [2.45, 2.75) is 51.7 Å². The highest BCUT2D eigenvalue weighted by Gasteiger charge is 2.33. The quantitative estimate of drug-likeness (QED) is 0.0884. The Hall–Kier alpha value is -4.62. The first-order chi connectivity index (χ1) is 22.0. The summed E-state index contributed by atoms with van der Waals surface area (Å²) in [4.78, 5) is 29.5. The fraction of sp³-hybridized carbons (Fsp3) is 0.303. The number of hydrazine groups is 1. The Bertz CT molecular complexity index is 1630. The van der Waals surface area contributed by atoms with Gasteiger partial charge in [0.2, 0.25) is 0 Å². The Morgan fingerprint density at radius 2 is 1.78 bits per heavy atom. The van der Waals surface area contributed by atoms with E-state index in [4.69, 9.17) is 12.2 Å². The summed E-state index contributed by atoms with van der Waals surface area (Å²) < 4.78 is 42.0. The standard InChI is InChI=1S/C33H35F3N6O3S/c1-3-23(2)16-17-38-41(32(46)39-27-11-7-10-26(19-27)33(34,35)36)31(43)29(18-24-8-5-4-6-9-24)30-20-37-22-40(30)21-25-12-14-28(15-13-25)42(44)45/h4-15,19-20,22-23,29,38H,3,16-18,21H2,1-2H3,(H,39,46)/t23-,29?/m0/s1. The van der Waals surface area contributed by atoms with Crippen LogP contribution in [-0.2, 0) is 23.9 Å². The van der Waals surface area contributed by atoms with Crippen LogP contribution in [0.1, 0.15) is 55.0 Å². The van der Waals surface area contributed by atoms with Gasteiger partial charge in [-0.2, -0.15) is 13.2 Å². The number of thiocarbonyl (C=S) groups is 1. The number of hydrogen-bond donors (Lipinski definition) is 2. The highest BCUT2D eigenvalue weighted by molar-refractivity contribution is 7.80. The molecule has 1 unspecified atom stereocenters. The molecule has 0 aliphatic carbocycles. The number of aromatic nitrogens is 2. The van der Waals surface area contributed by atoms with E-state index < -0.39 is 28.5 Å². The van der Waals surface area contributed by atoms with Gasteiger partial charge in [-0.3, -0.25) is 14.9 Å². The lowest BCUT2D eigenvalue weighted by atomic mass is 9.95. The SMILES string of the molecule is CC[C@H](C)CCNN(C(=O)C(Cc1ccccc1)c1cncn1Cc1ccc([N+](=O)[O-])cc1)C(=S)Nc1cccc(C(F)(F)F)c1. The number of anilines is 1. The molecule has 4 aromatic rings. The highest BCUT2D eigenvalue weighted by Crippen LogP contribution is 2.31. The van der Waals surface area contributed by atoms with Crippen molar-refractivity contribution in [3.05, 3.63) is 124 Å². The van der Waals surface area contributed by atoms with E-state index in [9.17, 15) is 28.1 Å². The summed E-state index contributed by atoms with van der Waals surface area (Å²) in [5.41, 5.74) is 4.55. The van der Waals surface area contributed by atoms with E-state index in [1.54, 1.807) is 29.2 Å². The molecule has 9 nitrogen and oxygen atoms in total. The number of halogens is 3. The molecule has 0 spiro atoms. The normalized spacial score (nSPS) is 12.7. The topological polar surface area (TPSA) is 105 Å². The maximum atomic E-state index is 14.5. The van der Waals surface area contributed by atoms with Crippen molar-refractivity contribution in [1.29, 1.82) is 0 Å². The number of alkyl halides is 3. The number of carbonyl (C=O) groups is 1. The molecule has 0 aliphatic heterocycles. The Kier molecular flexibility index (Phi) is 11.6. The largest absolute Gasteiger partial charge is 0.416 e. The van der Waals surface area contributed by atoms with Gasteiger partial charge in [-0.15, -0.1) is 0 Å². The number of rotatable bonds is 13. The molecule has 3 aromatic carbocycles. The molecule has 0 radical (unpaired) electrons. The minimum atomic E-state index is -4.55. The third-order valence-electron chi connectivity index (χ3n) is 7.65. The summed E-state index contributed by atoms with van der Waals surface area (Å²) in [6.45, 7) is 4.84. The van der Waals surface area contributed by atoms with E-state index in [0.717, 1.165) is 36.1 Å². The number of hydrogen-bond acceptors (Lipinski definition) is 6. The van der Waals surface area contributed by atoms with Gasteiger partial charge < -0.3 is 9.88 Å². The van der Waals surface area contributed by atoms with Crippen LogP contribution in [0.15, 0.2) is 91.4 Å². The van der Waals surface area contributed by atoms with Crippen molar-refractivity contribution in [2.24, 2.45) is 5.92 Å². The zero-order valence-electron chi connectivity index (χ0n) is 25.4. The van der Waals surface area contributed by atoms with Gasteiger partial charge in [0.25, 0.3) is 11.6 Å². The maximum Gasteiger partial charge on any atom is 0.416 e. The third-order valence-corrected chi connectivity index (χ3v) is 7.94. The van der Waals surface area contributed by atoms with Crippen LogP contribution in [0.3, 0.4) is 0 Å². The molecule has 2 N–H and O–H groups in total. The predicted octanol–water partition coefficient (Wildman–Crippen LogP) is 7.35. The summed E-state index contributed by atoms with van der Waals surface area (Å²) >= 11 is 5.63. The smallest absolute Gasteiger partial charge is 0.331 e. The van der Waals surface area contributed by atoms with Gasteiger partial charge in [0.15, 0.2) is 5.11 Å². The first-order valence-electron chi connectivity index (χ1n) is 14.8. The van der Waals surface area contributed by atoms with Gasteiger partial charge in [-0.25, -0.2) is 15.4 Å². The number of imidazole rings is 1. The number of nitrogens with one attached hydrogen (secondary N) is 2. The minimum absolute atomic E-state index is 0.0346. The Labute approximate surface area is 270 Å². The highest BCUT2D eigenvalue weighted by atomic mass is 32.1. The lowest BCUT2D eigenvalue weighted by Crippen LogP contribution is -2.51. The molecule has 1 aromatic heterocycles. The number of amides is 1. The molecule has 0 aliphatic rings. The fourth-order valence-corrected chi connectivity index (χ4v) is 5.10. The zero-order valence-corrected chi connectivity index (χ0v) is 26.2. The second-order valence-corrected chi connectivity index (χ2v) is 11.4. The van der Waals surface area contributed by atoms with Crippen LogP contribution in [-0.4, -0.2) is 37.0 Å². The maximum absolute atomic E-state index is 14.5. The number of nitro benzene ring substituents is 1. The van der Waals surface area contributed by atoms with Gasteiger partial charge in [0.1, 0.15) is 0 Å². The average Bonchev–Trinajstić information content (AvgIpc) is 3.49. The summed E-state index contributed by atoms with van der Waals surface area (Å²) in [6, 6.07) is 20.1. The molecule has 1 amide bonds. The Morgan fingerprint density at radius 1 is 1.07 bits per heavy atom. The molecule has 46 heavy (non-hydrogen) atoms. The fourth-order valence-electron chi connectivity index (χ4n) is 4.83. The summed E-state index contributed by atoms with van der Waals surface area (Å²) in [5, 5.41) is 15.0. The number of nitrogens with zero attached hydrogens (tertiary/aromatic N) is 4. The summed E-state index contributed by atoms with van der Waals surface area (Å²) in [5.74, 6) is -0.874. The lowest BCUT2D eigenvalue weighted by Gasteiger charge is -2.29. The third kappa shape index (κ3) is 9.21. The van der Waals surface area contributed by atoms with Crippen LogP contribution in [0.25, 0.3) is 0 Å². The Morgan fingerprint density at radius 3 is 2.43 bits per heavy atom. The van der Waals surface area contributed by atoms with Crippen LogP contribution in [0.2, 0.25) is 0 Å². The van der Waals surface area contributed by atoms with Crippen LogP contribution < -0.4 is 10.7 Å². The second-order valence-electron chi connectivity index (χ2n) is 11.0. The number of non-ortho nitro benzene ring substituents is 1. The summed E-state index contributed by atoms with van der Waals surface area (Å²) in [7, 11) is 0. The van der Waals surface area contributed by atoms with Gasteiger partial charge in [-0.1, -0.05) is 68.8 Å². The first kappa shape index (κ1) is 34.3. The van der Waals surface area contributed by atoms with Crippen LogP contribution >= 0.6 is 12.2 Å². The first-order valence-corrected chi connectivity index (χ1v) is 15.2. The second kappa shape index (κ2) is 15.6. The molecule has 0 bridgehead atoms. The monoisotopic (exact) mass is 652 g/mol. The molecule has 2 atom stereocenters. The van der Waals surface area contributed by atoms with E-state index in [1.807, 2.05) is 30.3 Å². The van der Waals surface area contributed by atoms with E-state index in [-0.39, 0.29) is 22.9 Å². The van der Waals surface area contributed by atoms with Gasteiger partial charge >= 0.3 is 6.18 Å². The van der Waals surface area contributed by atoms with E-state index in [1.165, 1.54) is 29.3 Å². The molecule has 242 valence electrons. The van der Waals surface area contributed by atoms with E-state index in [2.05, 4.69) is 29.6 Å². The zero-order chi connectivity index (χ0) is 33.3. The molecule has 1 heterocycles. The van der Waals surface area contributed by atoms with Crippen molar-refractivity contribution in [3.8, 4) is 0 Å². The number of nitro groups is 1. The van der Waals surface area contributed by atoms with Crippen molar-refractivity contribution in [3.63, 3.8) is 0 Å². The average molecular weight is 653 g/mol. The predicted molar refractivity (Wildman–Crippen MR) is 174 cm³/mol. The Balaban J connectivity index is 1.68. The van der Waals surface area contributed by atoms with Gasteiger partial charge in [0, 0.05) is 37.1 Å². The molecule has 0 saturated carbocycles. The van der Waals surface area contributed by atoms with Crippen molar-refractivity contribution < 1.29 is 22.9 Å². The lowest BCUT2D eigenvalue weighted by molar-refractivity contribution is -0.384. The van der Waals surface area contributed by atoms with Crippen molar-refractivity contribution in [2.75, 3.05) is 11.9 Å². The van der Waals surface area contributed by atoms with E-state index in [0.29, 0.717) is 24.7 Å². The van der Waals surface area contributed by atoms with Crippen molar-refractivity contribution in [1.82, 2.24) is 20.0 Å². The van der Waals surface area contributed by atoms with Gasteiger partial charge in [-0.05, 0) is 60.3 Å². The molecule has 4 rings (SSSR count). The number of benzene rings is 3. The minimum Gasteiger partial charge on any atom is -0.331 e. The number of carbonyl (C=O) groups excluding carboxylic acids is 1. The molecule has 0 saturated heterocycles. The van der Waals surface area contributed by atoms with Gasteiger partial charge in [0.05, 0.1) is 28.4 Å². The molecular formula is C33H35F3N6O3S. The summed E-state index contributed by atoms with van der Waals surface area (Å²) in [6.07, 6.45) is 0.571. The van der Waals surface area contributed by atoms with Crippen LogP contribution in [0.5, 0.6) is 0 Å². The van der Waals surface area contributed by atoms with Crippen LogP contribution in [0, 0.1) is 16.0 Å². The van der Waals surface area contributed by atoms with E-state index >= 15 is 0 Å². The van der Waals surface area contributed by atoms with Crippen LogP contribution in [0.4, 0.5) is 24.5 Å². The molecule has 0 fully saturated rings.